The molecule has 164 valence electrons. The van der Waals surface area contributed by atoms with Crippen molar-refractivity contribution >= 4 is 15.7 Å². The summed E-state index contributed by atoms with van der Waals surface area (Å²) in [6.45, 7) is 5.96. The van der Waals surface area contributed by atoms with Crippen LogP contribution < -0.4 is 10.1 Å². The number of sulfone groups is 1. The molecule has 30 heavy (non-hydrogen) atoms. The van der Waals surface area contributed by atoms with Gasteiger partial charge in [0, 0.05) is 11.6 Å². The Morgan fingerprint density at radius 3 is 2.80 bits per heavy atom. The van der Waals surface area contributed by atoms with Crippen LogP contribution in [-0.2, 0) is 20.4 Å². The van der Waals surface area contributed by atoms with Crippen molar-refractivity contribution in [3.63, 3.8) is 0 Å². The van der Waals surface area contributed by atoms with Crippen LogP contribution in [0.3, 0.4) is 0 Å². The number of carbonyl (C=O) groups excluding carboxylic acids is 1. The number of hydrogen-bond acceptors (Lipinski definition) is 6. The average Bonchev–Trinajstić information content (AvgIpc) is 3.04. The van der Waals surface area contributed by atoms with Crippen molar-refractivity contribution in [1.29, 1.82) is 0 Å². The van der Waals surface area contributed by atoms with Crippen LogP contribution in [0, 0.1) is 18.8 Å². The Hall–Kier alpha value is -2.35. The molecule has 7 nitrogen and oxygen atoms in total. The minimum absolute atomic E-state index is 0.0323. The number of hydrogen-bond donors (Lipinski definition) is 1. The van der Waals surface area contributed by atoms with E-state index in [-0.39, 0.29) is 11.8 Å². The zero-order valence-corrected chi connectivity index (χ0v) is 18.8. The fraction of sp³-hybridized carbons (Fsp3) is 0.545. The molecule has 0 bridgehead atoms. The van der Waals surface area contributed by atoms with Gasteiger partial charge < -0.3 is 14.5 Å². The molecule has 0 aliphatic heterocycles. The first kappa shape index (κ1) is 22.3. The van der Waals surface area contributed by atoms with Gasteiger partial charge in [-0.05, 0) is 43.4 Å². The van der Waals surface area contributed by atoms with E-state index in [9.17, 15) is 13.2 Å². The molecule has 0 saturated heterocycles. The van der Waals surface area contributed by atoms with Crippen molar-refractivity contribution in [3.8, 4) is 17.2 Å². The third kappa shape index (κ3) is 5.41. The highest BCUT2D eigenvalue weighted by Crippen LogP contribution is 2.29. The van der Waals surface area contributed by atoms with E-state index >= 15 is 0 Å². The summed E-state index contributed by atoms with van der Waals surface area (Å²) < 4.78 is 36.1. The van der Waals surface area contributed by atoms with Gasteiger partial charge in [0.2, 0.25) is 11.8 Å². The van der Waals surface area contributed by atoms with Crippen LogP contribution in [0.25, 0.3) is 11.5 Å². The number of rotatable bonds is 7. The number of aryl methyl sites for hydroxylation is 1. The molecule has 1 aromatic carbocycles. The van der Waals surface area contributed by atoms with Crippen LogP contribution in [0.15, 0.2) is 28.7 Å². The highest BCUT2D eigenvalue weighted by molar-refractivity contribution is 7.91. The molecule has 1 amide bonds. The van der Waals surface area contributed by atoms with E-state index in [1.807, 2.05) is 12.1 Å². The molecule has 1 aromatic heterocycles. The van der Waals surface area contributed by atoms with E-state index in [4.69, 9.17) is 9.15 Å². The van der Waals surface area contributed by atoms with Crippen molar-refractivity contribution in [2.24, 2.45) is 11.8 Å². The topological polar surface area (TPSA) is 98.5 Å². The largest absolute Gasteiger partial charge is 0.497 e. The van der Waals surface area contributed by atoms with E-state index in [0.717, 1.165) is 19.3 Å². The van der Waals surface area contributed by atoms with Crippen LogP contribution >= 0.6 is 0 Å². The summed E-state index contributed by atoms with van der Waals surface area (Å²) in [4.78, 5) is 16.8. The molecular formula is C22H30N2O5S. The standard InChI is InChI=1S/C22H30N2O5S/c1-14-7-5-10-19(15(14)2)23-21(25)13-30(26,27)12-20-16(3)29-22(24-20)17-8-6-9-18(11-17)28-4/h6,8-9,11,14-15,19H,5,7,10,12-13H2,1-4H3,(H,23,25). The summed E-state index contributed by atoms with van der Waals surface area (Å²) >= 11 is 0. The zero-order chi connectivity index (χ0) is 21.9. The fourth-order valence-electron chi connectivity index (χ4n) is 3.93. The van der Waals surface area contributed by atoms with Crippen LogP contribution in [0.2, 0.25) is 0 Å². The molecule has 8 heteroatoms. The number of aromatic nitrogens is 1. The van der Waals surface area contributed by atoms with Gasteiger partial charge in [0.15, 0.2) is 9.84 Å². The van der Waals surface area contributed by atoms with Gasteiger partial charge in [0.25, 0.3) is 0 Å². The van der Waals surface area contributed by atoms with Crippen LogP contribution in [0.5, 0.6) is 5.75 Å². The van der Waals surface area contributed by atoms with Crippen LogP contribution in [0.1, 0.15) is 44.6 Å². The van der Waals surface area contributed by atoms with E-state index in [2.05, 4.69) is 24.1 Å². The summed E-state index contributed by atoms with van der Waals surface area (Å²) in [5.74, 6) is 0.928. The molecule has 3 unspecified atom stereocenters. The second-order valence-electron chi connectivity index (χ2n) is 8.23. The minimum atomic E-state index is -3.68. The second kappa shape index (κ2) is 9.20. The van der Waals surface area contributed by atoms with Crippen molar-refractivity contribution in [3.05, 3.63) is 35.7 Å². The number of nitrogens with one attached hydrogen (secondary N) is 1. The first-order chi connectivity index (χ1) is 14.2. The van der Waals surface area contributed by atoms with Crippen LogP contribution in [0.4, 0.5) is 0 Å². The van der Waals surface area contributed by atoms with Gasteiger partial charge in [-0.1, -0.05) is 32.8 Å². The van der Waals surface area contributed by atoms with Crippen molar-refractivity contribution in [1.82, 2.24) is 10.3 Å². The first-order valence-electron chi connectivity index (χ1n) is 10.3. The molecule has 1 heterocycles. The van der Waals surface area contributed by atoms with E-state index in [1.165, 1.54) is 0 Å². The van der Waals surface area contributed by atoms with Gasteiger partial charge in [0.1, 0.15) is 17.3 Å². The second-order valence-corrected chi connectivity index (χ2v) is 10.3. The highest BCUT2D eigenvalue weighted by Gasteiger charge is 2.30. The molecule has 3 atom stereocenters. The molecule has 1 aliphatic rings. The summed E-state index contributed by atoms with van der Waals surface area (Å²) in [6, 6.07) is 7.22. The molecule has 3 rings (SSSR count). The minimum Gasteiger partial charge on any atom is -0.497 e. The molecule has 0 spiro atoms. The maximum absolute atomic E-state index is 12.6. The lowest BCUT2D eigenvalue weighted by Gasteiger charge is -2.34. The quantitative estimate of drug-likeness (QED) is 0.716. The van der Waals surface area contributed by atoms with Crippen molar-refractivity contribution in [2.75, 3.05) is 12.9 Å². The smallest absolute Gasteiger partial charge is 0.235 e. The molecule has 0 radical (unpaired) electrons. The predicted molar refractivity (Wildman–Crippen MR) is 115 cm³/mol. The van der Waals surface area contributed by atoms with Crippen molar-refractivity contribution < 1.29 is 22.4 Å². The van der Waals surface area contributed by atoms with Gasteiger partial charge >= 0.3 is 0 Å². The Balaban J connectivity index is 1.66. The summed E-state index contributed by atoms with van der Waals surface area (Å²) in [5.41, 5.74) is 1.01. The molecular weight excluding hydrogens is 404 g/mol. The van der Waals surface area contributed by atoms with Gasteiger partial charge in [-0.25, -0.2) is 13.4 Å². The number of methoxy groups -OCH3 is 1. The normalized spacial score (nSPS) is 21.9. The Labute approximate surface area is 178 Å². The lowest BCUT2D eigenvalue weighted by molar-refractivity contribution is -0.120. The Morgan fingerprint density at radius 1 is 1.30 bits per heavy atom. The highest BCUT2D eigenvalue weighted by atomic mass is 32.2. The number of oxazole rings is 1. The van der Waals surface area contributed by atoms with Gasteiger partial charge in [0.05, 0.1) is 18.6 Å². The molecule has 2 aromatic rings. The van der Waals surface area contributed by atoms with Gasteiger partial charge in [-0.2, -0.15) is 0 Å². The zero-order valence-electron chi connectivity index (χ0n) is 18.0. The summed E-state index contributed by atoms with van der Waals surface area (Å²) in [7, 11) is -2.11. The molecule has 1 N–H and O–H groups in total. The third-order valence-electron chi connectivity index (χ3n) is 5.97. The fourth-order valence-corrected chi connectivity index (χ4v) is 5.20. The molecule has 1 aliphatic carbocycles. The van der Waals surface area contributed by atoms with E-state index in [0.29, 0.717) is 40.5 Å². The number of benzene rings is 1. The summed E-state index contributed by atoms with van der Waals surface area (Å²) in [5, 5.41) is 2.92. The van der Waals surface area contributed by atoms with Gasteiger partial charge in [-0.15, -0.1) is 0 Å². The predicted octanol–water partition coefficient (Wildman–Crippen LogP) is 3.51. The number of ether oxygens (including phenoxy) is 1. The molecule has 1 fully saturated rings. The van der Waals surface area contributed by atoms with Crippen LogP contribution in [-0.4, -0.2) is 38.2 Å². The van der Waals surface area contributed by atoms with E-state index < -0.39 is 21.5 Å². The van der Waals surface area contributed by atoms with Gasteiger partial charge in [-0.3, -0.25) is 4.79 Å². The molecule has 1 saturated carbocycles. The Morgan fingerprint density at radius 2 is 2.07 bits per heavy atom. The SMILES string of the molecule is COc1cccc(-c2nc(CS(=O)(=O)CC(=O)NC3CCCC(C)C3C)c(C)o2)c1. The van der Waals surface area contributed by atoms with E-state index in [1.54, 1.807) is 26.2 Å². The maximum atomic E-state index is 12.6. The monoisotopic (exact) mass is 434 g/mol. The lowest BCUT2D eigenvalue weighted by atomic mass is 9.78. The Kier molecular flexibility index (Phi) is 6.85. The maximum Gasteiger partial charge on any atom is 0.235 e. The average molecular weight is 435 g/mol. The summed E-state index contributed by atoms with van der Waals surface area (Å²) in [6.07, 6.45) is 3.09. The number of nitrogens with zero attached hydrogens (tertiary/aromatic N) is 1. The third-order valence-corrected chi connectivity index (χ3v) is 7.39. The number of carbonyl (C=O) groups is 1. The lowest BCUT2D eigenvalue weighted by Crippen LogP contribution is -2.45. The van der Waals surface area contributed by atoms with Crippen molar-refractivity contribution in [2.45, 2.75) is 51.8 Å². The first-order valence-corrected chi connectivity index (χ1v) is 12.1. The number of amides is 1. The Bertz CT molecular complexity index is 999.